The number of carbonyl (C=O) groups is 3. The van der Waals surface area contributed by atoms with E-state index in [9.17, 15) is 29.7 Å². The van der Waals surface area contributed by atoms with Crippen molar-refractivity contribution in [3.05, 3.63) is 48.6 Å². The van der Waals surface area contributed by atoms with E-state index < -0.39 is 35.2 Å². The Morgan fingerprint density at radius 1 is 0.451 bits per heavy atom. The fraction of sp³-hybridized carbons (Fsp3) is 0.756. The van der Waals surface area contributed by atoms with Gasteiger partial charge in [0.15, 0.2) is 17.3 Å². The predicted octanol–water partition coefficient (Wildman–Crippen LogP) is 11.4. The van der Waals surface area contributed by atoms with Crippen molar-refractivity contribution in [2.75, 3.05) is 0 Å². The van der Waals surface area contributed by atoms with Gasteiger partial charge < -0.3 is 15.3 Å². The van der Waals surface area contributed by atoms with Gasteiger partial charge in [-0.05, 0) is 83.5 Å². The molecule has 2 unspecified atom stereocenters. The molecule has 0 aliphatic carbocycles. The molecule has 51 heavy (non-hydrogen) atoms. The summed E-state index contributed by atoms with van der Waals surface area (Å²) < 4.78 is 0. The molecule has 3 N–H and O–H groups in total. The monoisotopic (exact) mass is 715 g/mol. The maximum atomic E-state index is 13.4. The number of Topliss-reactive ketones (excluding diaryl/α,β-unsaturated/α-hetero) is 3. The van der Waals surface area contributed by atoms with Crippen LogP contribution in [0.25, 0.3) is 0 Å². The van der Waals surface area contributed by atoms with E-state index in [1.807, 2.05) is 6.92 Å². The first kappa shape index (κ1) is 48.9. The molecule has 0 saturated heterocycles. The number of unbranched alkanes of at least 4 members (excludes halogenated alkanes) is 18. The molecule has 0 aromatic carbocycles. The van der Waals surface area contributed by atoms with Crippen LogP contribution < -0.4 is 0 Å². The van der Waals surface area contributed by atoms with Crippen molar-refractivity contribution in [1.29, 1.82) is 0 Å². The lowest BCUT2D eigenvalue weighted by Gasteiger charge is -2.32. The third-order valence-corrected chi connectivity index (χ3v) is 9.64. The van der Waals surface area contributed by atoms with Crippen LogP contribution in [0.4, 0.5) is 0 Å². The van der Waals surface area contributed by atoms with E-state index in [0.29, 0.717) is 19.3 Å². The smallest absolute Gasteiger partial charge is 0.210 e. The molecule has 0 saturated carbocycles. The molecule has 6 nitrogen and oxygen atoms in total. The Morgan fingerprint density at radius 3 is 1.16 bits per heavy atom. The summed E-state index contributed by atoms with van der Waals surface area (Å²) in [5, 5.41) is 33.1. The van der Waals surface area contributed by atoms with Gasteiger partial charge in [-0.1, -0.05) is 146 Å². The predicted molar refractivity (Wildman–Crippen MR) is 215 cm³/mol. The van der Waals surface area contributed by atoms with E-state index in [-0.39, 0.29) is 19.3 Å². The summed E-state index contributed by atoms with van der Waals surface area (Å²) in [4.78, 5) is 39.3. The summed E-state index contributed by atoms with van der Waals surface area (Å²) >= 11 is 0. The molecule has 6 heteroatoms. The summed E-state index contributed by atoms with van der Waals surface area (Å²) in [6.45, 7) is 6.42. The Bertz CT molecular complexity index is 919. The average Bonchev–Trinajstić information content (AvgIpc) is 3.13. The van der Waals surface area contributed by atoms with Gasteiger partial charge in [0.2, 0.25) is 5.60 Å². The molecular formula is C45H78O6. The highest BCUT2D eigenvalue weighted by Gasteiger charge is 2.52. The molecule has 0 spiro atoms. The Morgan fingerprint density at radius 2 is 0.765 bits per heavy atom. The number of hydrogen-bond donors (Lipinski definition) is 3. The number of allylic oxidation sites excluding steroid dienone is 8. The molecule has 0 heterocycles. The average molecular weight is 715 g/mol. The van der Waals surface area contributed by atoms with E-state index in [1.165, 1.54) is 38.5 Å². The maximum Gasteiger partial charge on any atom is 0.210 e. The lowest BCUT2D eigenvalue weighted by atomic mass is 9.79. The lowest BCUT2D eigenvalue weighted by Crippen LogP contribution is -2.61. The quantitative estimate of drug-likeness (QED) is 0.0335. The molecule has 0 aliphatic heterocycles. The summed E-state index contributed by atoms with van der Waals surface area (Å²) in [7, 11) is 0. The van der Waals surface area contributed by atoms with Crippen LogP contribution in [0.2, 0.25) is 0 Å². The second-order valence-electron chi connectivity index (χ2n) is 14.4. The highest BCUT2D eigenvalue weighted by molar-refractivity contribution is 6.11. The lowest BCUT2D eigenvalue weighted by molar-refractivity contribution is -0.174. The summed E-state index contributed by atoms with van der Waals surface area (Å²) in [6, 6.07) is 0. The zero-order valence-electron chi connectivity index (χ0n) is 33.1. The molecule has 0 bridgehead atoms. The Hall–Kier alpha value is -2.15. The van der Waals surface area contributed by atoms with Crippen LogP contribution in [-0.4, -0.2) is 50.5 Å². The molecular weight excluding hydrogens is 636 g/mol. The van der Waals surface area contributed by atoms with Crippen LogP contribution in [0, 0.1) is 0 Å². The van der Waals surface area contributed by atoms with Gasteiger partial charge in [-0.3, -0.25) is 14.4 Å². The maximum absolute atomic E-state index is 13.4. The summed E-state index contributed by atoms with van der Waals surface area (Å²) in [6.07, 6.45) is 38.1. The van der Waals surface area contributed by atoms with Crippen molar-refractivity contribution in [3.8, 4) is 0 Å². The van der Waals surface area contributed by atoms with Crippen LogP contribution in [0.5, 0.6) is 0 Å². The van der Waals surface area contributed by atoms with E-state index in [0.717, 1.165) is 103 Å². The highest BCUT2D eigenvalue weighted by atomic mass is 16.4. The SMILES string of the molecule is CCCCC/C=C\C/C=C\CCCCCCCC(=O)C(O)(C(=O)CCCCCCC/C=C\C/C=C\CCCCC)C(O)C(O)C(=O)CCCCC. The van der Waals surface area contributed by atoms with Crippen molar-refractivity contribution in [2.24, 2.45) is 0 Å². The zero-order chi connectivity index (χ0) is 37.8. The molecule has 294 valence electrons. The number of rotatable bonds is 37. The van der Waals surface area contributed by atoms with Gasteiger partial charge in [0.05, 0.1) is 0 Å². The number of carbonyl (C=O) groups excluding carboxylic acids is 3. The van der Waals surface area contributed by atoms with Crippen molar-refractivity contribution in [1.82, 2.24) is 0 Å². The summed E-state index contributed by atoms with van der Waals surface area (Å²) in [5.41, 5.74) is -2.77. The van der Waals surface area contributed by atoms with Gasteiger partial charge in [-0.15, -0.1) is 0 Å². The van der Waals surface area contributed by atoms with E-state index in [1.54, 1.807) is 0 Å². The van der Waals surface area contributed by atoms with E-state index >= 15 is 0 Å². The van der Waals surface area contributed by atoms with Crippen LogP contribution >= 0.6 is 0 Å². The normalized spacial score (nSPS) is 13.7. The van der Waals surface area contributed by atoms with Crippen molar-refractivity contribution in [3.63, 3.8) is 0 Å². The fourth-order valence-electron chi connectivity index (χ4n) is 6.16. The Balaban J connectivity index is 4.73. The van der Waals surface area contributed by atoms with Crippen molar-refractivity contribution < 1.29 is 29.7 Å². The van der Waals surface area contributed by atoms with Gasteiger partial charge in [0.1, 0.15) is 12.2 Å². The van der Waals surface area contributed by atoms with Crippen molar-refractivity contribution >= 4 is 17.3 Å². The number of hydrogen-bond acceptors (Lipinski definition) is 6. The van der Waals surface area contributed by atoms with Gasteiger partial charge in [-0.25, -0.2) is 0 Å². The largest absolute Gasteiger partial charge is 0.386 e. The molecule has 0 aromatic heterocycles. The van der Waals surface area contributed by atoms with Gasteiger partial charge >= 0.3 is 0 Å². The second kappa shape index (κ2) is 34.9. The molecule has 0 rings (SSSR count). The van der Waals surface area contributed by atoms with Gasteiger partial charge in [-0.2, -0.15) is 0 Å². The van der Waals surface area contributed by atoms with Crippen LogP contribution in [0.3, 0.4) is 0 Å². The molecule has 0 aromatic rings. The van der Waals surface area contributed by atoms with E-state index in [4.69, 9.17) is 0 Å². The minimum atomic E-state index is -2.77. The van der Waals surface area contributed by atoms with Gasteiger partial charge in [0.25, 0.3) is 0 Å². The fourth-order valence-corrected chi connectivity index (χ4v) is 6.16. The molecule has 0 aliphatic rings. The number of aliphatic hydroxyl groups excluding tert-OH is 2. The topological polar surface area (TPSA) is 112 Å². The molecule has 0 amide bonds. The first-order valence-corrected chi connectivity index (χ1v) is 21.0. The third kappa shape index (κ3) is 25.5. The first-order chi connectivity index (χ1) is 24.8. The number of aliphatic hydroxyl groups is 3. The van der Waals surface area contributed by atoms with Gasteiger partial charge in [0, 0.05) is 19.3 Å². The minimum Gasteiger partial charge on any atom is -0.386 e. The second-order valence-corrected chi connectivity index (χ2v) is 14.4. The molecule has 0 fully saturated rings. The summed E-state index contributed by atoms with van der Waals surface area (Å²) in [5.74, 6) is -2.24. The van der Waals surface area contributed by atoms with Crippen LogP contribution in [0.1, 0.15) is 201 Å². The third-order valence-electron chi connectivity index (χ3n) is 9.64. The molecule has 0 radical (unpaired) electrons. The van der Waals surface area contributed by atoms with E-state index in [2.05, 4.69) is 62.5 Å². The standard InChI is InChI=1S/C45H78O6/c1-4-7-10-12-14-16-18-20-22-24-26-28-30-32-35-38-41(47)45(51,44(50)43(49)40(46)37-34-9-6-3)42(48)39-36-33-31-29-27-25-23-21-19-17-15-13-11-8-5-2/h14-17,20-23,43-44,49-51H,4-13,18-19,24-39H2,1-3H3/b16-14-,17-15-,22-20-,23-21-. The first-order valence-electron chi connectivity index (χ1n) is 21.0. The Kier molecular flexibility index (Phi) is 33.4. The number of ketones is 3. The minimum absolute atomic E-state index is 0.0282. The van der Waals surface area contributed by atoms with Crippen LogP contribution in [-0.2, 0) is 14.4 Å². The van der Waals surface area contributed by atoms with Crippen LogP contribution in [0.15, 0.2) is 48.6 Å². The Labute approximate surface area is 313 Å². The molecule has 2 atom stereocenters. The zero-order valence-corrected chi connectivity index (χ0v) is 33.1. The highest BCUT2D eigenvalue weighted by Crippen LogP contribution is 2.25. The van der Waals surface area contributed by atoms with Crippen molar-refractivity contribution in [2.45, 2.75) is 218 Å².